The van der Waals surface area contributed by atoms with Crippen LogP contribution in [0, 0.1) is 0 Å². The molecule has 22 heavy (non-hydrogen) atoms. The molecule has 1 aromatic heterocycles. The van der Waals surface area contributed by atoms with Gasteiger partial charge in [0.1, 0.15) is 5.69 Å². The molecule has 0 spiro atoms. The molecule has 1 aromatic carbocycles. The van der Waals surface area contributed by atoms with Crippen molar-refractivity contribution in [2.75, 3.05) is 30.4 Å². The number of hydrogen-bond acceptors (Lipinski definition) is 4. The Morgan fingerprint density at radius 2 is 1.68 bits per heavy atom. The highest BCUT2D eigenvalue weighted by Gasteiger charge is 2.35. The second-order valence-corrected chi connectivity index (χ2v) is 5.40. The van der Waals surface area contributed by atoms with Crippen molar-refractivity contribution in [1.29, 1.82) is 0 Å². The van der Waals surface area contributed by atoms with Crippen LogP contribution in [0.25, 0.3) is 11.3 Å². The van der Waals surface area contributed by atoms with Crippen LogP contribution in [0.3, 0.4) is 0 Å². The molecule has 0 amide bonds. The Hall–Kier alpha value is -2.24. The van der Waals surface area contributed by atoms with Crippen LogP contribution < -0.4 is 10.2 Å². The van der Waals surface area contributed by atoms with Crippen LogP contribution in [0.5, 0.6) is 0 Å². The van der Waals surface area contributed by atoms with E-state index in [1.54, 1.807) is 12.4 Å². The summed E-state index contributed by atoms with van der Waals surface area (Å²) in [5, 5.41) is 3.06. The Kier molecular flexibility index (Phi) is 3.92. The number of piperidine rings is 1. The van der Waals surface area contributed by atoms with E-state index >= 15 is 0 Å². The summed E-state index contributed by atoms with van der Waals surface area (Å²) in [4.78, 5) is 10.7. The molecule has 0 saturated carbocycles. The first-order chi connectivity index (χ1) is 10.6. The molecule has 1 fully saturated rings. The molecule has 1 N–H and O–H groups in total. The van der Waals surface area contributed by atoms with E-state index in [1.807, 2.05) is 36.2 Å². The largest absolute Gasteiger partial charge is 0.388 e. The second kappa shape index (κ2) is 5.87. The molecule has 0 bridgehead atoms. The maximum absolute atomic E-state index is 13.3. The minimum atomic E-state index is -2.56. The van der Waals surface area contributed by atoms with E-state index in [9.17, 15) is 8.78 Å². The summed E-state index contributed by atoms with van der Waals surface area (Å²) in [5.41, 5.74) is 2.67. The first-order valence-electron chi connectivity index (χ1n) is 7.31. The van der Waals surface area contributed by atoms with Crippen molar-refractivity contribution >= 4 is 11.5 Å². The van der Waals surface area contributed by atoms with Gasteiger partial charge in [-0.25, -0.2) is 13.8 Å². The summed E-state index contributed by atoms with van der Waals surface area (Å²) < 4.78 is 26.7. The molecule has 1 aliphatic rings. The number of alkyl halides is 2. The lowest BCUT2D eigenvalue weighted by molar-refractivity contribution is -0.0221. The van der Waals surface area contributed by atoms with Crippen LogP contribution in [0.2, 0.25) is 0 Å². The van der Waals surface area contributed by atoms with E-state index in [2.05, 4.69) is 15.3 Å². The highest BCUT2D eigenvalue weighted by Crippen LogP contribution is 2.33. The van der Waals surface area contributed by atoms with Crippen LogP contribution in [-0.4, -0.2) is 36.0 Å². The van der Waals surface area contributed by atoms with Crippen LogP contribution in [-0.2, 0) is 0 Å². The van der Waals surface area contributed by atoms with E-state index in [0.717, 1.165) is 16.9 Å². The Morgan fingerprint density at radius 3 is 2.32 bits per heavy atom. The van der Waals surface area contributed by atoms with Crippen molar-refractivity contribution in [1.82, 2.24) is 9.97 Å². The van der Waals surface area contributed by atoms with Gasteiger partial charge in [-0.05, 0) is 12.1 Å². The van der Waals surface area contributed by atoms with Crippen LogP contribution in [0.1, 0.15) is 12.8 Å². The zero-order chi connectivity index (χ0) is 15.6. The number of nitrogens with one attached hydrogen (secondary N) is 1. The smallest absolute Gasteiger partial charge is 0.251 e. The lowest BCUT2D eigenvalue weighted by Crippen LogP contribution is -2.40. The quantitative estimate of drug-likeness (QED) is 0.943. The molecule has 3 rings (SSSR count). The molecule has 0 aliphatic carbocycles. The predicted molar refractivity (Wildman–Crippen MR) is 83.4 cm³/mol. The first kappa shape index (κ1) is 14.7. The van der Waals surface area contributed by atoms with Crippen molar-refractivity contribution in [3.05, 3.63) is 36.7 Å². The number of nitrogens with zero attached hydrogens (tertiary/aromatic N) is 3. The molecule has 1 saturated heterocycles. The highest BCUT2D eigenvalue weighted by molar-refractivity contribution is 5.73. The summed E-state index contributed by atoms with van der Waals surface area (Å²) in [7, 11) is 1.86. The topological polar surface area (TPSA) is 41.1 Å². The normalized spacial score (nSPS) is 17.3. The van der Waals surface area contributed by atoms with Gasteiger partial charge in [-0.15, -0.1) is 0 Å². The Bertz CT molecular complexity index is 633. The SMILES string of the molecule is CNc1ccc(-c2nccnc2N2CCC(F)(F)CC2)cc1. The van der Waals surface area contributed by atoms with Gasteiger partial charge in [0.2, 0.25) is 0 Å². The number of rotatable bonds is 3. The summed E-state index contributed by atoms with van der Waals surface area (Å²) in [6.45, 7) is 0.598. The first-order valence-corrected chi connectivity index (χ1v) is 7.31. The minimum Gasteiger partial charge on any atom is -0.388 e. The lowest BCUT2D eigenvalue weighted by Gasteiger charge is -2.33. The van der Waals surface area contributed by atoms with Gasteiger partial charge >= 0.3 is 0 Å². The molecule has 2 heterocycles. The Balaban J connectivity index is 1.89. The van der Waals surface area contributed by atoms with Crippen molar-refractivity contribution < 1.29 is 8.78 Å². The molecule has 1 aliphatic heterocycles. The third-order valence-corrected chi connectivity index (χ3v) is 3.92. The van der Waals surface area contributed by atoms with Gasteiger partial charge in [-0.1, -0.05) is 12.1 Å². The predicted octanol–water partition coefficient (Wildman–Crippen LogP) is 3.42. The summed E-state index contributed by atoms with van der Waals surface area (Å²) >= 11 is 0. The molecule has 0 unspecified atom stereocenters. The van der Waals surface area contributed by atoms with Crippen LogP contribution in [0.15, 0.2) is 36.7 Å². The third kappa shape index (κ3) is 3.00. The molecule has 4 nitrogen and oxygen atoms in total. The third-order valence-electron chi connectivity index (χ3n) is 3.92. The molecule has 6 heteroatoms. The zero-order valence-corrected chi connectivity index (χ0v) is 12.4. The molecular formula is C16H18F2N4. The molecule has 0 radical (unpaired) electrons. The van der Waals surface area contributed by atoms with Crippen molar-refractivity contribution in [3.8, 4) is 11.3 Å². The maximum atomic E-state index is 13.3. The van der Waals surface area contributed by atoms with Crippen LogP contribution in [0.4, 0.5) is 20.3 Å². The zero-order valence-electron chi connectivity index (χ0n) is 12.4. The number of halogens is 2. The van der Waals surface area contributed by atoms with E-state index < -0.39 is 5.92 Å². The number of benzene rings is 1. The van der Waals surface area contributed by atoms with Gasteiger partial charge < -0.3 is 10.2 Å². The van der Waals surface area contributed by atoms with E-state index in [-0.39, 0.29) is 12.8 Å². The van der Waals surface area contributed by atoms with Crippen molar-refractivity contribution in [3.63, 3.8) is 0 Å². The Labute approximate surface area is 128 Å². The van der Waals surface area contributed by atoms with Gasteiger partial charge in [-0.2, -0.15) is 0 Å². The maximum Gasteiger partial charge on any atom is 0.251 e. The second-order valence-electron chi connectivity index (χ2n) is 5.40. The van der Waals surface area contributed by atoms with Crippen molar-refractivity contribution in [2.24, 2.45) is 0 Å². The standard InChI is InChI=1S/C16H18F2N4/c1-19-13-4-2-12(3-5-13)14-15(21-9-8-20-14)22-10-6-16(17,18)7-11-22/h2-5,8-9,19H,6-7,10-11H2,1H3. The van der Waals surface area contributed by atoms with E-state index in [4.69, 9.17) is 0 Å². The monoisotopic (exact) mass is 304 g/mol. The van der Waals surface area contributed by atoms with E-state index in [0.29, 0.717) is 18.9 Å². The van der Waals surface area contributed by atoms with Gasteiger partial charge in [-0.3, -0.25) is 4.98 Å². The summed E-state index contributed by atoms with van der Waals surface area (Å²) in [6.07, 6.45) is 2.96. The molecule has 116 valence electrons. The minimum absolute atomic E-state index is 0.137. The van der Waals surface area contributed by atoms with Gasteiger partial charge in [0.25, 0.3) is 5.92 Å². The molecule has 2 aromatic rings. The van der Waals surface area contributed by atoms with Crippen LogP contribution >= 0.6 is 0 Å². The number of aromatic nitrogens is 2. The van der Waals surface area contributed by atoms with Gasteiger partial charge in [0.05, 0.1) is 0 Å². The highest BCUT2D eigenvalue weighted by atomic mass is 19.3. The molecule has 0 atom stereocenters. The summed E-state index contributed by atoms with van der Waals surface area (Å²) in [6, 6.07) is 7.83. The summed E-state index contributed by atoms with van der Waals surface area (Å²) in [5.74, 6) is -1.89. The van der Waals surface area contributed by atoms with E-state index in [1.165, 1.54) is 0 Å². The average molecular weight is 304 g/mol. The van der Waals surface area contributed by atoms with Gasteiger partial charge in [0, 0.05) is 56.6 Å². The lowest BCUT2D eigenvalue weighted by atomic mass is 10.1. The van der Waals surface area contributed by atoms with Crippen molar-refractivity contribution in [2.45, 2.75) is 18.8 Å². The Morgan fingerprint density at radius 1 is 1.05 bits per heavy atom. The fourth-order valence-corrected chi connectivity index (χ4v) is 2.61. The average Bonchev–Trinajstić information content (AvgIpc) is 2.55. The number of hydrogen-bond donors (Lipinski definition) is 1. The number of anilines is 2. The fraction of sp³-hybridized carbons (Fsp3) is 0.375. The van der Waals surface area contributed by atoms with Gasteiger partial charge in [0.15, 0.2) is 5.82 Å². The molecular weight excluding hydrogens is 286 g/mol. The fourth-order valence-electron chi connectivity index (χ4n) is 2.61.